The van der Waals surface area contributed by atoms with Gasteiger partial charge >= 0.3 is 0 Å². The van der Waals surface area contributed by atoms with Crippen molar-refractivity contribution in [2.75, 3.05) is 24.6 Å². The average molecular weight is 417 g/mol. The minimum atomic E-state index is -0.400. The summed E-state index contributed by atoms with van der Waals surface area (Å²) in [5.74, 6) is 0.539. The lowest BCUT2D eigenvalue weighted by molar-refractivity contribution is 0.311. The molecular weight excluding hydrogens is 392 g/mol. The monoisotopic (exact) mass is 416 g/mol. The van der Waals surface area contributed by atoms with Crippen LogP contribution in [0.2, 0.25) is 5.02 Å². The molecule has 0 aliphatic rings. The van der Waals surface area contributed by atoms with E-state index in [1.54, 1.807) is 12.4 Å². The lowest BCUT2D eigenvalue weighted by Gasteiger charge is -2.24. The van der Waals surface area contributed by atoms with E-state index in [1.807, 2.05) is 42.6 Å². The molecule has 8 nitrogen and oxygen atoms in total. The van der Waals surface area contributed by atoms with E-state index >= 15 is 0 Å². The number of aromatic amines is 1. The van der Waals surface area contributed by atoms with Crippen LogP contribution >= 0.6 is 11.6 Å². The normalized spacial score (nSPS) is 10.9. The molecule has 0 amide bonds. The first-order valence-electron chi connectivity index (χ1n) is 9.50. The molecular formula is C20H25ClN6O2. The third-order valence-electron chi connectivity index (χ3n) is 4.76. The van der Waals surface area contributed by atoms with Crippen molar-refractivity contribution in [1.29, 1.82) is 0 Å². The first-order valence-corrected chi connectivity index (χ1v) is 9.87. The number of halogens is 1. The minimum absolute atomic E-state index is 0.135. The number of hydrogen-bond acceptors (Lipinski definition) is 6. The van der Waals surface area contributed by atoms with Crippen LogP contribution < -0.4 is 15.2 Å². The molecule has 3 heterocycles. The van der Waals surface area contributed by atoms with Gasteiger partial charge in [0.2, 0.25) is 5.88 Å². The Morgan fingerprint density at radius 1 is 1.31 bits per heavy atom. The molecule has 9 heteroatoms. The topological polar surface area (TPSA) is 88.9 Å². The second-order valence-electron chi connectivity index (χ2n) is 6.79. The summed E-state index contributed by atoms with van der Waals surface area (Å²) in [6.45, 7) is 7.77. The van der Waals surface area contributed by atoms with Crippen molar-refractivity contribution in [3.63, 3.8) is 0 Å². The van der Waals surface area contributed by atoms with E-state index < -0.39 is 5.56 Å². The highest BCUT2D eigenvalue weighted by molar-refractivity contribution is 6.32. The van der Waals surface area contributed by atoms with E-state index in [2.05, 4.69) is 27.2 Å². The summed E-state index contributed by atoms with van der Waals surface area (Å²) in [5, 5.41) is 10.8. The van der Waals surface area contributed by atoms with Gasteiger partial charge in [-0.3, -0.25) is 9.48 Å². The smallest absolute Gasteiger partial charge is 0.285 e. The molecule has 0 atom stereocenters. The maximum atomic E-state index is 11.7. The molecule has 0 aromatic carbocycles. The summed E-state index contributed by atoms with van der Waals surface area (Å²) in [4.78, 5) is 18.1. The zero-order valence-corrected chi connectivity index (χ0v) is 17.8. The van der Waals surface area contributed by atoms with E-state index in [9.17, 15) is 4.79 Å². The highest BCUT2D eigenvalue weighted by Gasteiger charge is 2.15. The molecule has 154 valence electrons. The van der Waals surface area contributed by atoms with Gasteiger partial charge in [0.1, 0.15) is 11.6 Å². The number of anilines is 1. The number of ether oxygens (including phenoxy) is 1. The lowest BCUT2D eigenvalue weighted by Crippen LogP contribution is -2.31. The van der Waals surface area contributed by atoms with E-state index in [-0.39, 0.29) is 5.02 Å². The molecule has 0 unspecified atom stereocenters. The van der Waals surface area contributed by atoms with Crippen molar-refractivity contribution >= 4 is 17.3 Å². The third kappa shape index (κ3) is 4.59. The van der Waals surface area contributed by atoms with E-state index in [4.69, 9.17) is 16.3 Å². The van der Waals surface area contributed by atoms with E-state index in [1.165, 1.54) is 0 Å². The highest BCUT2D eigenvalue weighted by atomic mass is 35.5. The summed E-state index contributed by atoms with van der Waals surface area (Å²) in [5.41, 5.74) is 4.36. The quantitative estimate of drug-likeness (QED) is 0.606. The second-order valence-corrected chi connectivity index (χ2v) is 7.16. The molecule has 3 aromatic rings. The van der Waals surface area contributed by atoms with Crippen molar-refractivity contribution in [3.05, 3.63) is 51.3 Å². The molecule has 0 saturated heterocycles. The number of aryl methyl sites for hydroxylation is 2. The first-order chi connectivity index (χ1) is 13.9. The zero-order valence-electron chi connectivity index (χ0n) is 17.1. The van der Waals surface area contributed by atoms with Crippen molar-refractivity contribution < 1.29 is 4.74 Å². The predicted octanol–water partition coefficient (Wildman–Crippen LogP) is 3.13. The molecule has 0 saturated carbocycles. The number of H-pyrrole nitrogens is 1. The number of nitrogens with one attached hydrogen (secondary N) is 1. The summed E-state index contributed by atoms with van der Waals surface area (Å²) in [6, 6.07) is 3.87. The molecule has 3 rings (SSSR count). The van der Waals surface area contributed by atoms with Crippen molar-refractivity contribution in [2.45, 2.75) is 27.2 Å². The Morgan fingerprint density at radius 3 is 2.79 bits per heavy atom. The van der Waals surface area contributed by atoms with Gasteiger partial charge < -0.3 is 9.64 Å². The predicted molar refractivity (Wildman–Crippen MR) is 114 cm³/mol. The van der Waals surface area contributed by atoms with Gasteiger partial charge in [-0.05, 0) is 31.9 Å². The molecule has 0 spiro atoms. The first kappa shape index (κ1) is 20.9. The van der Waals surface area contributed by atoms with Crippen LogP contribution in [0.15, 0.2) is 29.3 Å². The summed E-state index contributed by atoms with van der Waals surface area (Å²) in [6.07, 6.45) is 4.19. The van der Waals surface area contributed by atoms with Crippen LogP contribution in [-0.4, -0.2) is 44.7 Å². The van der Waals surface area contributed by atoms with Crippen LogP contribution in [-0.2, 0) is 7.05 Å². The number of rotatable bonds is 8. The van der Waals surface area contributed by atoms with Crippen molar-refractivity contribution in [3.8, 4) is 17.0 Å². The maximum absolute atomic E-state index is 11.7. The van der Waals surface area contributed by atoms with Crippen LogP contribution in [0.1, 0.15) is 24.7 Å². The van der Waals surface area contributed by atoms with Crippen LogP contribution in [0.4, 0.5) is 5.69 Å². The average Bonchev–Trinajstić information content (AvgIpc) is 2.95. The zero-order chi connectivity index (χ0) is 21.0. The van der Waals surface area contributed by atoms with Crippen LogP contribution in [0.3, 0.4) is 0 Å². The van der Waals surface area contributed by atoms with Gasteiger partial charge in [-0.2, -0.15) is 10.2 Å². The van der Waals surface area contributed by atoms with Gasteiger partial charge in [-0.1, -0.05) is 18.5 Å². The summed E-state index contributed by atoms with van der Waals surface area (Å²) >= 11 is 6.15. The van der Waals surface area contributed by atoms with Crippen LogP contribution in [0.25, 0.3) is 11.1 Å². The molecule has 1 N–H and O–H groups in total. The van der Waals surface area contributed by atoms with Gasteiger partial charge in [0.25, 0.3) is 5.56 Å². The molecule has 0 aliphatic heterocycles. The van der Waals surface area contributed by atoms with Crippen LogP contribution in [0.5, 0.6) is 5.88 Å². The fraction of sp³-hybridized carbons (Fsp3) is 0.400. The lowest BCUT2D eigenvalue weighted by atomic mass is 10.1. The van der Waals surface area contributed by atoms with Gasteiger partial charge in [0.05, 0.1) is 24.1 Å². The molecule has 0 fully saturated rings. The maximum Gasteiger partial charge on any atom is 0.285 e. The van der Waals surface area contributed by atoms with E-state index in [0.717, 1.165) is 35.5 Å². The van der Waals surface area contributed by atoms with Gasteiger partial charge in [-0.25, -0.2) is 10.1 Å². The Hall–Kier alpha value is -2.87. The second kappa shape index (κ2) is 9.09. The Balaban J connectivity index is 1.72. The molecule has 0 aliphatic carbocycles. The number of pyridine rings is 1. The van der Waals surface area contributed by atoms with Gasteiger partial charge in [0, 0.05) is 37.1 Å². The summed E-state index contributed by atoms with van der Waals surface area (Å²) < 4.78 is 7.76. The fourth-order valence-electron chi connectivity index (χ4n) is 3.31. The molecule has 0 bridgehead atoms. The highest BCUT2D eigenvalue weighted by Crippen LogP contribution is 2.28. The number of nitrogens with zero attached hydrogens (tertiary/aromatic N) is 5. The SMILES string of the molecule is CCCN(CCOc1cc(-c2c(C)nn(C)c2C)ccn1)c1cn[nH]c(=O)c1Cl. The number of aromatic nitrogens is 5. The standard InChI is InChI=1S/C20H25ClN6O2/c1-5-8-27(16-12-23-24-20(28)19(16)21)9-10-29-17-11-15(6-7-22-17)18-13(2)25-26(4)14(18)3/h6-7,11-12H,5,8-10H2,1-4H3,(H,24,28). The molecule has 3 aromatic heterocycles. The van der Waals surface area contributed by atoms with Crippen molar-refractivity contribution in [1.82, 2.24) is 25.0 Å². The van der Waals surface area contributed by atoms with Crippen molar-refractivity contribution in [2.24, 2.45) is 7.05 Å². The Labute approximate surface area is 174 Å². The summed E-state index contributed by atoms with van der Waals surface area (Å²) in [7, 11) is 1.93. The van der Waals surface area contributed by atoms with E-state index in [0.29, 0.717) is 24.7 Å². The minimum Gasteiger partial charge on any atom is -0.476 e. The Bertz CT molecular complexity index is 1050. The van der Waals surface area contributed by atoms with Crippen LogP contribution in [0, 0.1) is 13.8 Å². The Morgan fingerprint density at radius 2 is 2.10 bits per heavy atom. The molecule has 0 radical (unpaired) electrons. The molecule has 29 heavy (non-hydrogen) atoms. The largest absolute Gasteiger partial charge is 0.476 e. The Kier molecular flexibility index (Phi) is 6.53. The van der Waals surface area contributed by atoms with Gasteiger partial charge in [0.15, 0.2) is 0 Å². The third-order valence-corrected chi connectivity index (χ3v) is 5.12. The fourth-order valence-corrected chi connectivity index (χ4v) is 3.52. The number of hydrogen-bond donors (Lipinski definition) is 1. The van der Waals surface area contributed by atoms with Gasteiger partial charge in [-0.15, -0.1) is 0 Å².